The van der Waals surface area contributed by atoms with Gasteiger partial charge in [-0.2, -0.15) is 11.3 Å². The SMILES string of the molecule is CCc1ccc(C(C)NCCc2ccsc2)cc1. The smallest absolute Gasteiger partial charge is 0.0291 e. The summed E-state index contributed by atoms with van der Waals surface area (Å²) in [5.74, 6) is 0. The first-order chi connectivity index (χ1) is 8.79. The molecule has 0 bridgehead atoms. The third-order valence-electron chi connectivity index (χ3n) is 3.33. The largest absolute Gasteiger partial charge is 0.310 e. The van der Waals surface area contributed by atoms with Crippen molar-refractivity contribution in [2.45, 2.75) is 32.7 Å². The van der Waals surface area contributed by atoms with Gasteiger partial charge in [-0.3, -0.25) is 0 Å². The Morgan fingerprint density at radius 3 is 2.50 bits per heavy atom. The van der Waals surface area contributed by atoms with Gasteiger partial charge in [0.1, 0.15) is 0 Å². The van der Waals surface area contributed by atoms with E-state index in [1.165, 1.54) is 16.7 Å². The molecule has 0 amide bonds. The normalized spacial score (nSPS) is 12.6. The molecule has 1 aromatic heterocycles. The fourth-order valence-electron chi connectivity index (χ4n) is 2.03. The van der Waals surface area contributed by atoms with Gasteiger partial charge in [0.15, 0.2) is 0 Å². The van der Waals surface area contributed by atoms with Gasteiger partial charge in [0.25, 0.3) is 0 Å². The van der Waals surface area contributed by atoms with Gasteiger partial charge in [0.2, 0.25) is 0 Å². The first kappa shape index (κ1) is 13.3. The van der Waals surface area contributed by atoms with Crippen molar-refractivity contribution in [1.82, 2.24) is 5.32 Å². The van der Waals surface area contributed by atoms with Gasteiger partial charge >= 0.3 is 0 Å². The van der Waals surface area contributed by atoms with E-state index in [1.807, 2.05) is 0 Å². The molecule has 0 spiro atoms. The molecule has 1 nitrogen and oxygen atoms in total. The molecule has 18 heavy (non-hydrogen) atoms. The van der Waals surface area contributed by atoms with Gasteiger partial charge in [-0.1, -0.05) is 31.2 Å². The standard InChI is InChI=1S/C16H21NS/c1-3-14-4-6-16(7-5-14)13(2)17-10-8-15-9-11-18-12-15/h4-7,9,11-13,17H,3,8,10H2,1-2H3. The highest BCUT2D eigenvalue weighted by Gasteiger charge is 2.04. The fourth-order valence-corrected chi connectivity index (χ4v) is 2.73. The zero-order valence-corrected chi connectivity index (χ0v) is 12.0. The summed E-state index contributed by atoms with van der Waals surface area (Å²) in [6.07, 6.45) is 2.22. The summed E-state index contributed by atoms with van der Waals surface area (Å²) in [4.78, 5) is 0. The first-order valence-corrected chi connectivity index (χ1v) is 7.57. The molecule has 0 aliphatic carbocycles. The zero-order valence-electron chi connectivity index (χ0n) is 11.1. The van der Waals surface area contributed by atoms with Gasteiger partial charge in [-0.15, -0.1) is 0 Å². The van der Waals surface area contributed by atoms with Crippen molar-refractivity contribution in [3.8, 4) is 0 Å². The molecule has 0 radical (unpaired) electrons. The molecule has 0 aliphatic heterocycles. The summed E-state index contributed by atoms with van der Waals surface area (Å²) in [6.45, 7) is 5.46. The van der Waals surface area contributed by atoms with Crippen LogP contribution in [0.15, 0.2) is 41.1 Å². The monoisotopic (exact) mass is 259 g/mol. The quantitative estimate of drug-likeness (QED) is 0.819. The number of nitrogens with one attached hydrogen (secondary N) is 1. The molecule has 2 rings (SSSR count). The van der Waals surface area contributed by atoms with Crippen molar-refractivity contribution in [3.05, 3.63) is 57.8 Å². The second kappa shape index (κ2) is 6.72. The van der Waals surface area contributed by atoms with Gasteiger partial charge in [0.05, 0.1) is 0 Å². The summed E-state index contributed by atoms with van der Waals surface area (Å²) in [5, 5.41) is 7.94. The highest BCUT2D eigenvalue weighted by Crippen LogP contribution is 2.14. The van der Waals surface area contributed by atoms with Crippen LogP contribution in [0.2, 0.25) is 0 Å². The van der Waals surface area contributed by atoms with Crippen LogP contribution in [-0.4, -0.2) is 6.54 Å². The van der Waals surface area contributed by atoms with E-state index >= 15 is 0 Å². The Balaban J connectivity index is 1.81. The van der Waals surface area contributed by atoms with Crippen LogP contribution in [0.3, 0.4) is 0 Å². The highest BCUT2D eigenvalue weighted by atomic mass is 32.1. The maximum Gasteiger partial charge on any atom is 0.0291 e. The molecule has 1 unspecified atom stereocenters. The van der Waals surface area contributed by atoms with Crippen LogP contribution in [-0.2, 0) is 12.8 Å². The minimum Gasteiger partial charge on any atom is -0.310 e. The second-order valence-electron chi connectivity index (χ2n) is 4.65. The van der Waals surface area contributed by atoms with Crippen molar-refractivity contribution < 1.29 is 0 Å². The first-order valence-electron chi connectivity index (χ1n) is 6.63. The molecule has 0 fully saturated rings. The predicted molar refractivity (Wildman–Crippen MR) is 80.3 cm³/mol. The molecule has 0 aliphatic rings. The van der Waals surface area contributed by atoms with Crippen LogP contribution in [0.1, 0.15) is 36.6 Å². The van der Waals surface area contributed by atoms with Crippen molar-refractivity contribution in [3.63, 3.8) is 0 Å². The molecule has 96 valence electrons. The lowest BCUT2D eigenvalue weighted by Gasteiger charge is -2.14. The molecule has 1 N–H and O–H groups in total. The van der Waals surface area contributed by atoms with Crippen LogP contribution in [0.5, 0.6) is 0 Å². The van der Waals surface area contributed by atoms with E-state index in [-0.39, 0.29) is 0 Å². The lowest BCUT2D eigenvalue weighted by molar-refractivity contribution is 0.577. The fraction of sp³-hybridized carbons (Fsp3) is 0.375. The Morgan fingerprint density at radius 2 is 1.89 bits per heavy atom. The van der Waals surface area contributed by atoms with Crippen molar-refractivity contribution in [1.29, 1.82) is 0 Å². The Labute approximate surface area is 114 Å². The number of benzene rings is 1. The summed E-state index contributed by atoms with van der Waals surface area (Å²) < 4.78 is 0. The van der Waals surface area contributed by atoms with E-state index in [0.717, 1.165) is 19.4 Å². The van der Waals surface area contributed by atoms with Crippen LogP contribution in [0.4, 0.5) is 0 Å². The molecular weight excluding hydrogens is 238 g/mol. The van der Waals surface area contributed by atoms with E-state index in [4.69, 9.17) is 0 Å². The Hall–Kier alpha value is -1.12. The molecule has 0 saturated carbocycles. The highest BCUT2D eigenvalue weighted by molar-refractivity contribution is 7.07. The van der Waals surface area contributed by atoms with Crippen LogP contribution >= 0.6 is 11.3 Å². The lowest BCUT2D eigenvalue weighted by Crippen LogP contribution is -2.21. The van der Waals surface area contributed by atoms with E-state index in [1.54, 1.807) is 11.3 Å². The van der Waals surface area contributed by atoms with Gasteiger partial charge in [0, 0.05) is 6.04 Å². The number of thiophene rings is 1. The zero-order chi connectivity index (χ0) is 12.8. The third-order valence-corrected chi connectivity index (χ3v) is 4.06. The van der Waals surface area contributed by atoms with Crippen LogP contribution < -0.4 is 5.32 Å². The van der Waals surface area contributed by atoms with E-state index in [0.29, 0.717) is 6.04 Å². The van der Waals surface area contributed by atoms with Gasteiger partial charge in [-0.25, -0.2) is 0 Å². The Kier molecular flexibility index (Phi) is 4.97. The molecule has 2 aromatic rings. The van der Waals surface area contributed by atoms with Crippen LogP contribution in [0.25, 0.3) is 0 Å². The molecule has 1 heterocycles. The number of rotatable bonds is 6. The maximum atomic E-state index is 3.58. The minimum atomic E-state index is 0.426. The average Bonchev–Trinajstić information content (AvgIpc) is 2.92. The summed E-state index contributed by atoms with van der Waals surface area (Å²) >= 11 is 1.77. The van der Waals surface area contributed by atoms with Gasteiger partial charge in [-0.05, 0) is 59.8 Å². The summed E-state index contributed by atoms with van der Waals surface area (Å²) in [6, 6.07) is 11.6. The number of hydrogen-bond donors (Lipinski definition) is 1. The molecule has 0 saturated heterocycles. The van der Waals surface area contributed by atoms with Gasteiger partial charge < -0.3 is 5.32 Å². The molecule has 1 atom stereocenters. The van der Waals surface area contributed by atoms with E-state index in [9.17, 15) is 0 Å². The average molecular weight is 259 g/mol. The molecular formula is C16H21NS. The molecule has 1 aromatic carbocycles. The summed E-state index contributed by atoms with van der Waals surface area (Å²) in [5.41, 5.74) is 4.21. The second-order valence-corrected chi connectivity index (χ2v) is 5.43. The number of aryl methyl sites for hydroxylation is 1. The lowest BCUT2D eigenvalue weighted by atomic mass is 10.0. The van der Waals surface area contributed by atoms with Crippen molar-refractivity contribution in [2.75, 3.05) is 6.54 Å². The van der Waals surface area contributed by atoms with E-state index in [2.05, 4.69) is 60.3 Å². The third kappa shape index (κ3) is 3.69. The van der Waals surface area contributed by atoms with Crippen molar-refractivity contribution >= 4 is 11.3 Å². The van der Waals surface area contributed by atoms with Crippen molar-refractivity contribution in [2.24, 2.45) is 0 Å². The Bertz CT molecular complexity index is 444. The molecule has 2 heteroatoms. The van der Waals surface area contributed by atoms with Crippen LogP contribution in [0, 0.1) is 0 Å². The topological polar surface area (TPSA) is 12.0 Å². The maximum absolute atomic E-state index is 3.58. The summed E-state index contributed by atoms with van der Waals surface area (Å²) in [7, 11) is 0. The predicted octanol–water partition coefficient (Wildman–Crippen LogP) is 4.20. The minimum absolute atomic E-state index is 0.426. The number of hydrogen-bond acceptors (Lipinski definition) is 2. The Morgan fingerprint density at radius 1 is 1.11 bits per heavy atom. The van der Waals surface area contributed by atoms with E-state index < -0.39 is 0 Å².